The van der Waals surface area contributed by atoms with E-state index in [9.17, 15) is 9.59 Å². The van der Waals surface area contributed by atoms with Gasteiger partial charge in [0.05, 0.1) is 0 Å². The van der Waals surface area contributed by atoms with E-state index in [2.05, 4.69) is 17.1 Å². The predicted molar refractivity (Wildman–Crippen MR) is 78.0 cm³/mol. The van der Waals surface area contributed by atoms with Crippen LogP contribution >= 0.6 is 0 Å². The predicted octanol–water partition coefficient (Wildman–Crippen LogP) is 1.09. The molecule has 0 saturated carbocycles. The number of hydrogen-bond acceptors (Lipinski definition) is 3. The van der Waals surface area contributed by atoms with Gasteiger partial charge in [-0.1, -0.05) is 13.3 Å². The van der Waals surface area contributed by atoms with Crippen molar-refractivity contribution in [1.29, 1.82) is 0 Å². The number of carbonyl (C=O) groups excluding carboxylic acids is 2. The third kappa shape index (κ3) is 10.5. The molecule has 0 bridgehead atoms. The minimum absolute atomic E-state index is 0.0709. The highest BCUT2D eigenvalue weighted by atomic mass is 16.2. The first-order chi connectivity index (χ1) is 8.97. The summed E-state index contributed by atoms with van der Waals surface area (Å²) in [4.78, 5) is 26.8. The van der Waals surface area contributed by atoms with Gasteiger partial charge in [0, 0.05) is 33.0 Å². The van der Waals surface area contributed by atoms with Gasteiger partial charge in [0.2, 0.25) is 11.8 Å². The molecule has 0 radical (unpaired) electrons. The van der Waals surface area contributed by atoms with Gasteiger partial charge in [0.1, 0.15) is 0 Å². The minimum Gasteiger partial charge on any atom is -0.354 e. The lowest BCUT2D eigenvalue weighted by Gasteiger charge is -2.22. The Bertz CT molecular complexity index is 267. The van der Waals surface area contributed by atoms with Crippen LogP contribution in [-0.2, 0) is 9.59 Å². The fourth-order valence-electron chi connectivity index (χ4n) is 1.76. The summed E-state index contributed by atoms with van der Waals surface area (Å²) in [5, 5.41) is 2.86. The van der Waals surface area contributed by atoms with E-state index in [0.29, 0.717) is 19.5 Å². The van der Waals surface area contributed by atoms with Crippen molar-refractivity contribution < 1.29 is 9.59 Å². The van der Waals surface area contributed by atoms with Crippen molar-refractivity contribution >= 4 is 11.8 Å². The average Bonchev–Trinajstić information content (AvgIpc) is 2.33. The van der Waals surface area contributed by atoms with Crippen LogP contribution in [-0.4, -0.2) is 61.9 Å². The van der Waals surface area contributed by atoms with Gasteiger partial charge in [-0.2, -0.15) is 0 Å². The Morgan fingerprint density at radius 3 is 2.26 bits per heavy atom. The highest BCUT2D eigenvalue weighted by Crippen LogP contribution is 1.95. The smallest absolute Gasteiger partial charge is 0.220 e. The molecule has 0 atom stereocenters. The van der Waals surface area contributed by atoms with E-state index >= 15 is 0 Å². The summed E-state index contributed by atoms with van der Waals surface area (Å²) in [6, 6.07) is 0. The van der Waals surface area contributed by atoms with Crippen LogP contribution in [0.25, 0.3) is 0 Å². The van der Waals surface area contributed by atoms with Gasteiger partial charge in [-0.15, -0.1) is 0 Å². The van der Waals surface area contributed by atoms with Gasteiger partial charge in [-0.3, -0.25) is 9.59 Å². The van der Waals surface area contributed by atoms with Gasteiger partial charge in [-0.25, -0.2) is 0 Å². The Labute approximate surface area is 117 Å². The lowest BCUT2D eigenvalue weighted by molar-refractivity contribution is -0.129. The van der Waals surface area contributed by atoms with Crippen LogP contribution in [0, 0.1) is 0 Å². The summed E-state index contributed by atoms with van der Waals surface area (Å²) in [7, 11) is 4.04. The fraction of sp³-hybridized carbons (Fsp3) is 0.857. The Kier molecular flexibility index (Phi) is 10.2. The molecule has 0 rings (SSSR count). The second-order valence-electron chi connectivity index (χ2n) is 5.12. The molecule has 0 aliphatic carbocycles. The van der Waals surface area contributed by atoms with Crippen LogP contribution in [0.1, 0.15) is 39.5 Å². The molecule has 5 heteroatoms. The van der Waals surface area contributed by atoms with Crippen molar-refractivity contribution in [2.24, 2.45) is 0 Å². The molecule has 0 unspecified atom stereocenters. The van der Waals surface area contributed by atoms with E-state index in [1.165, 1.54) is 0 Å². The molecule has 0 aliphatic heterocycles. The Hall–Kier alpha value is -1.10. The molecule has 19 heavy (non-hydrogen) atoms. The number of nitrogens with zero attached hydrogens (tertiary/aromatic N) is 2. The normalized spacial score (nSPS) is 10.6. The maximum atomic E-state index is 11.5. The van der Waals surface area contributed by atoms with Crippen LogP contribution in [0.2, 0.25) is 0 Å². The highest BCUT2D eigenvalue weighted by molar-refractivity contribution is 5.76. The summed E-state index contributed by atoms with van der Waals surface area (Å²) in [5.41, 5.74) is 0. The monoisotopic (exact) mass is 271 g/mol. The summed E-state index contributed by atoms with van der Waals surface area (Å²) < 4.78 is 0. The Balaban J connectivity index is 3.82. The first kappa shape index (κ1) is 17.9. The molecule has 0 spiro atoms. The maximum absolute atomic E-state index is 11.5. The zero-order valence-corrected chi connectivity index (χ0v) is 12.9. The molecular weight excluding hydrogens is 242 g/mol. The molecule has 0 saturated heterocycles. The lowest BCUT2D eigenvalue weighted by Crippen LogP contribution is -2.38. The molecule has 0 aromatic carbocycles. The topological polar surface area (TPSA) is 52.7 Å². The number of unbranched alkanes of at least 4 members (excludes halogenated alkanes) is 1. The van der Waals surface area contributed by atoms with Crippen molar-refractivity contribution in [1.82, 2.24) is 15.1 Å². The van der Waals surface area contributed by atoms with Crippen molar-refractivity contribution in [2.45, 2.75) is 39.5 Å². The van der Waals surface area contributed by atoms with E-state index in [-0.39, 0.29) is 11.8 Å². The first-order valence-corrected chi connectivity index (χ1v) is 7.14. The number of rotatable bonds is 10. The average molecular weight is 271 g/mol. The molecule has 112 valence electrons. The number of hydrogen-bond donors (Lipinski definition) is 1. The Morgan fingerprint density at radius 2 is 1.74 bits per heavy atom. The van der Waals surface area contributed by atoms with E-state index in [1.807, 2.05) is 14.1 Å². The molecule has 5 nitrogen and oxygen atoms in total. The molecule has 0 fully saturated rings. The zero-order valence-electron chi connectivity index (χ0n) is 12.9. The first-order valence-electron chi connectivity index (χ1n) is 7.14. The molecule has 1 N–H and O–H groups in total. The van der Waals surface area contributed by atoms with E-state index in [1.54, 1.807) is 11.8 Å². The number of nitrogens with one attached hydrogen (secondary N) is 1. The molecular formula is C14H29N3O2. The molecule has 0 aromatic rings. The zero-order chi connectivity index (χ0) is 14.7. The van der Waals surface area contributed by atoms with Crippen molar-refractivity contribution in [3.63, 3.8) is 0 Å². The van der Waals surface area contributed by atoms with Gasteiger partial charge in [0.15, 0.2) is 0 Å². The van der Waals surface area contributed by atoms with Gasteiger partial charge < -0.3 is 15.1 Å². The largest absolute Gasteiger partial charge is 0.354 e. The van der Waals surface area contributed by atoms with Crippen LogP contribution in [0.4, 0.5) is 0 Å². The number of carbonyl (C=O) groups is 2. The lowest BCUT2D eigenvalue weighted by atomic mass is 10.2. The van der Waals surface area contributed by atoms with Gasteiger partial charge >= 0.3 is 0 Å². The third-order valence-electron chi connectivity index (χ3n) is 2.94. The van der Waals surface area contributed by atoms with Crippen LogP contribution < -0.4 is 5.32 Å². The van der Waals surface area contributed by atoms with Gasteiger partial charge in [-0.05, 0) is 33.5 Å². The number of amides is 2. The summed E-state index contributed by atoms with van der Waals surface area (Å²) in [6.07, 6.45) is 3.48. The quantitative estimate of drug-likeness (QED) is 0.647. The van der Waals surface area contributed by atoms with Crippen LogP contribution in [0.5, 0.6) is 0 Å². The summed E-state index contributed by atoms with van der Waals surface area (Å²) >= 11 is 0. The molecule has 0 aromatic heterocycles. The molecule has 0 heterocycles. The minimum atomic E-state index is 0.0709. The highest BCUT2D eigenvalue weighted by Gasteiger charge is 2.08. The maximum Gasteiger partial charge on any atom is 0.220 e. The summed E-state index contributed by atoms with van der Waals surface area (Å²) in [5.74, 6) is 0.153. The molecule has 2 amide bonds. The van der Waals surface area contributed by atoms with E-state index in [0.717, 1.165) is 32.4 Å². The second-order valence-corrected chi connectivity index (χ2v) is 5.12. The van der Waals surface area contributed by atoms with E-state index in [4.69, 9.17) is 0 Å². The molecule has 0 aliphatic rings. The second kappa shape index (κ2) is 10.8. The van der Waals surface area contributed by atoms with Crippen molar-refractivity contribution in [3.8, 4) is 0 Å². The summed E-state index contributed by atoms with van der Waals surface area (Å²) in [6.45, 7) is 6.50. The van der Waals surface area contributed by atoms with Crippen molar-refractivity contribution in [3.05, 3.63) is 0 Å². The standard InChI is InChI=1S/C14H29N3O2/c1-5-6-8-14(19)15-9-12-17(13(2)18)11-7-10-16(3)4/h5-12H2,1-4H3,(H,15,19). The van der Waals surface area contributed by atoms with E-state index < -0.39 is 0 Å². The van der Waals surface area contributed by atoms with Crippen LogP contribution in [0.3, 0.4) is 0 Å². The SMILES string of the molecule is CCCCC(=O)NCCN(CCCN(C)C)C(C)=O. The van der Waals surface area contributed by atoms with Crippen molar-refractivity contribution in [2.75, 3.05) is 40.3 Å². The fourth-order valence-corrected chi connectivity index (χ4v) is 1.76. The van der Waals surface area contributed by atoms with Gasteiger partial charge in [0.25, 0.3) is 0 Å². The van der Waals surface area contributed by atoms with Crippen LogP contribution in [0.15, 0.2) is 0 Å². The third-order valence-corrected chi connectivity index (χ3v) is 2.94. The Morgan fingerprint density at radius 1 is 1.05 bits per heavy atom.